The fraction of sp³-hybridized carbons (Fsp3) is 0.625. The van der Waals surface area contributed by atoms with E-state index in [1.54, 1.807) is 0 Å². The van der Waals surface area contributed by atoms with Crippen molar-refractivity contribution in [2.24, 2.45) is 0 Å². The minimum Gasteiger partial charge on any atom is -0.464 e. The van der Waals surface area contributed by atoms with E-state index in [2.05, 4.69) is 6.58 Å². The van der Waals surface area contributed by atoms with Crippen molar-refractivity contribution in [3.63, 3.8) is 0 Å². The van der Waals surface area contributed by atoms with E-state index < -0.39 is 9.76 Å². The normalized spacial score (nSPS) is 11.9. The number of hydrogen-bond donors (Lipinski definition) is 0. The maximum Gasteiger partial charge on any atom is 0.329 e. The van der Waals surface area contributed by atoms with Crippen molar-refractivity contribution in [2.45, 2.75) is 26.4 Å². The Morgan fingerprint density at radius 3 is 2.58 bits per heavy atom. The molecule has 0 unspecified atom stereocenters. The van der Waals surface area contributed by atoms with Crippen molar-refractivity contribution in [2.75, 3.05) is 6.23 Å². The smallest absolute Gasteiger partial charge is 0.329 e. The van der Waals surface area contributed by atoms with Crippen LogP contribution in [0.15, 0.2) is 12.7 Å². The maximum absolute atomic E-state index is 10.6. The van der Waals surface area contributed by atoms with E-state index in [-0.39, 0.29) is 11.6 Å². The Balaban J connectivity index is 3.34. The summed E-state index contributed by atoms with van der Waals surface area (Å²) < 4.78 is 10.2. The number of esters is 1. The molecule has 4 heteroatoms. The number of carbonyl (C=O) groups is 1. The van der Waals surface area contributed by atoms with Gasteiger partial charge in [0.15, 0.2) is 0 Å². The molecule has 0 aromatic rings. The van der Waals surface area contributed by atoms with Gasteiger partial charge in [-0.1, -0.05) is 6.58 Å². The summed E-state index contributed by atoms with van der Waals surface area (Å²) in [7, 11) is -0.736. The number of rotatable bonds is 4. The molecule has 0 radical (unpaired) electrons. The zero-order valence-corrected chi connectivity index (χ0v) is 9.34. The number of ether oxygens (including phenoxy) is 1. The Kier molecular flexibility index (Phi) is 4.85. The second-order valence-corrected chi connectivity index (χ2v) is 4.44. The van der Waals surface area contributed by atoms with E-state index in [1.165, 1.54) is 0 Å². The van der Waals surface area contributed by atoms with Crippen LogP contribution in [-0.4, -0.2) is 27.6 Å². The average Bonchev–Trinajstić information content (AvgIpc) is 1.96. The summed E-state index contributed by atoms with van der Waals surface area (Å²) in [6.45, 7) is 9.23. The molecule has 0 aromatic heterocycles. The molecule has 0 N–H and O–H groups in total. The molecule has 0 bridgehead atoms. The molecule has 0 atom stereocenters. The fourth-order valence-electron chi connectivity index (χ4n) is 0.549. The Labute approximate surface area is 75.7 Å². The van der Waals surface area contributed by atoms with Gasteiger partial charge in [0.25, 0.3) is 0 Å². The van der Waals surface area contributed by atoms with Gasteiger partial charge in [0.1, 0.15) is 6.23 Å². The molecule has 0 aliphatic carbocycles. The molecule has 0 aliphatic heterocycles. The Bertz CT molecular complexity index is 160. The monoisotopic (exact) mass is 188 g/mol. The van der Waals surface area contributed by atoms with Gasteiger partial charge >= 0.3 is 5.97 Å². The largest absolute Gasteiger partial charge is 0.464 e. The first-order valence-electron chi connectivity index (χ1n) is 3.89. The molecular formula is C8H16O3Si. The Morgan fingerprint density at radius 1 is 1.58 bits per heavy atom. The van der Waals surface area contributed by atoms with Crippen molar-refractivity contribution in [1.29, 1.82) is 0 Å². The van der Waals surface area contributed by atoms with Gasteiger partial charge in [-0.3, -0.25) is 0 Å². The zero-order chi connectivity index (χ0) is 9.61. The highest BCUT2D eigenvalue weighted by Gasteiger charge is 2.09. The van der Waals surface area contributed by atoms with Gasteiger partial charge in [-0.25, -0.2) is 4.79 Å². The molecule has 3 nitrogen and oxygen atoms in total. The van der Waals surface area contributed by atoms with Crippen LogP contribution in [0.3, 0.4) is 0 Å². The van der Waals surface area contributed by atoms with Gasteiger partial charge < -0.3 is 9.16 Å². The van der Waals surface area contributed by atoms with Crippen LogP contribution in [-0.2, 0) is 14.0 Å². The van der Waals surface area contributed by atoms with Gasteiger partial charge in [0, 0.05) is 11.7 Å². The Morgan fingerprint density at radius 2 is 2.17 bits per heavy atom. The first kappa shape index (κ1) is 11.4. The quantitative estimate of drug-likeness (QED) is 0.280. The molecule has 12 heavy (non-hydrogen) atoms. The molecule has 70 valence electrons. The second kappa shape index (κ2) is 5.11. The lowest BCUT2D eigenvalue weighted by Crippen LogP contribution is -2.24. The highest BCUT2D eigenvalue weighted by Crippen LogP contribution is 2.04. The molecule has 0 rings (SSSR count). The summed E-state index contributed by atoms with van der Waals surface area (Å²) >= 11 is 0. The van der Waals surface area contributed by atoms with Gasteiger partial charge in [-0.05, 0) is 20.8 Å². The van der Waals surface area contributed by atoms with Crippen molar-refractivity contribution in [3.8, 4) is 0 Å². The number of hydrogen-bond acceptors (Lipinski definition) is 3. The molecule has 0 amide bonds. The molecule has 0 fully saturated rings. The molecule has 0 aliphatic rings. The highest BCUT2D eigenvalue weighted by molar-refractivity contribution is 6.27. The van der Waals surface area contributed by atoms with Crippen molar-refractivity contribution < 1.29 is 14.0 Å². The van der Waals surface area contributed by atoms with Gasteiger partial charge in [-0.2, -0.15) is 0 Å². The molecule has 0 heterocycles. The van der Waals surface area contributed by atoms with Gasteiger partial charge in [-0.15, -0.1) is 0 Å². The summed E-state index contributed by atoms with van der Waals surface area (Å²) in [5.41, 5.74) is -0.118. The third-order valence-corrected chi connectivity index (χ3v) is 2.47. The third-order valence-electron chi connectivity index (χ3n) is 1.03. The van der Waals surface area contributed by atoms with Crippen LogP contribution in [0.2, 0.25) is 0 Å². The van der Waals surface area contributed by atoms with Crippen molar-refractivity contribution in [3.05, 3.63) is 12.7 Å². The van der Waals surface area contributed by atoms with Crippen LogP contribution < -0.4 is 0 Å². The summed E-state index contributed by atoms with van der Waals surface area (Å²) in [5, 5.41) is 0. The first-order chi connectivity index (χ1) is 5.45. The highest BCUT2D eigenvalue weighted by atomic mass is 28.2. The van der Waals surface area contributed by atoms with E-state index in [0.29, 0.717) is 6.23 Å². The van der Waals surface area contributed by atoms with Gasteiger partial charge in [0.2, 0.25) is 9.76 Å². The van der Waals surface area contributed by atoms with Crippen LogP contribution in [0.1, 0.15) is 20.8 Å². The molecule has 0 saturated heterocycles. The third kappa shape index (κ3) is 7.49. The molecule has 0 spiro atoms. The van der Waals surface area contributed by atoms with Crippen LogP contribution >= 0.6 is 0 Å². The zero-order valence-electron chi connectivity index (χ0n) is 7.92. The van der Waals surface area contributed by atoms with Gasteiger partial charge in [0.05, 0.1) is 0 Å². The van der Waals surface area contributed by atoms with E-state index in [0.717, 1.165) is 6.08 Å². The molecular weight excluding hydrogens is 172 g/mol. The van der Waals surface area contributed by atoms with E-state index in [1.807, 2.05) is 20.8 Å². The van der Waals surface area contributed by atoms with Crippen molar-refractivity contribution >= 4 is 15.7 Å². The lowest BCUT2D eigenvalue weighted by Gasteiger charge is -2.19. The number of carbonyl (C=O) groups excluding carboxylic acids is 1. The second-order valence-electron chi connectivity index (χ2n) is 3.33. The molecule has 0 saturated carbocycles. The summed E-state index contributed by atoms with van der Waals surface area (Å²) in [6.07, 6.45) is 1.58. The lowest BCUT2D eigenvalue weighted by atomic mass is 10.2. The Hall–Kier alpha value is -0.613. The lowest BCUT2D eigenvalue weighted by molar-refractivity contribution is -0.136. The standard InChI is InChI=1S/C8H16O3Si/c1-5-7(9)10-6-12-11-8(2,3)4/h5H,1,6,12H2,2-4H3. The van der Waals surface area contributed by atoms with E-state index in [9.17, 15) is 4.79 Å². The predicted molar refractivity (Wildman–Crippen MR) is 50.5 cm³/mol. The topological polar surface area (TPSA) is 35.5 Å². The summed E-state index contributed by atoms with van der Waals surface area (Å²) in [4.78, 5) is 10.6. The maximum atomic E-state index is 10.6. The predicted octanol–water partition coefficient (Wildman–Crippen LogP) is 0.572. The van der Waals surface area contributed by atoms with Crippen LogP contribution in [0.5, 0.6) is 0 Å². The summed E-state index contributed by atoms with van der Waals surface area (Å²) in [6, 6.07) is 0. The van der Waals surface area contributed by atoms with Crippen LogP contribution in [0.4, 0.5) is 0 Å². The average molecular weight is 188 g/mol. The summed E-state index contributed by atoms with van der Waals surface area (Å²) in [5.74, 6) is -0.375. The minimum atomic E-state index is -0.736. The first-order valence-corrected chi connectivity index (χ1v) is 5.46. The minimum absolute atomic E-state index is 0.118. The van der Waals surface area contributed by atoms with Crippen LogP contribution in [0, 0.1) is 0 Å². The van der Waals surface area contributed by atoms with E-state index in [4.69, 9.17) is 9.16 Å². The van der Waals surface area contributed by atoms with Crippen molar-refractivity contribution in [1.82, 2.24) is 0 Å². The fourth-order valence-corrected chi connectivity index (χ4v) is 1.53. The van der Waals surface area contributed by atoms with Crippen LogP contribution in [0.25, 0.3) is 0 Å². The van der Waals surface area contributed by atoms with E-state index >= 15 is 0 Å². The SMILES string of the molecule is C=CC(=O)OC[SiH2]OC(C)(C)C. The molecule has 0 aromatic carbocycles.